The van der Waals surface area contributed by atoms with Crippen molar-refractivity contribution in [3.63, 3.8) is 0 Å². The molecule has 0 aromatic heterocycles. The normalized spacial score (nSPS) is 12.7. The number of phenols is 2. The van der Waals surface area contributed by atoms with E-state index >= 15 is 0 Å². The van der Waals surface area contributed by atoms with E-state index in [2.05, 4.69) is 15.4 Å². The van der Waals surface area contributed by atoms with E-state index < -0.39 is 21.7 Å². The fraction of sp³-hybridized carbons (Fsp3) is 0.281. The lowest BCUT2D eigenvalue weighted by atomic mass is 9.93. The average Bonchev–Trinajstić information content (AvgIpc) is 2.91. The molecule has 0 unspecified atom stereocenters. The summed E-state index contributed by atoms with van der Waals surface area (Å²) in [5, 5.41) is 38.6. The summed E-state index contributed by atoms with van der Waals surface area (Å²) in [6.07, 6.45) is 0.932. The maximum atomic E-state index is 12.7. The van der Waals surface area contributed by atoms with E-state index in [0.717, 1.165) is 33.7 Å². The van der Waals surface area contributed by atoms with E-state index in [1.807, 2.05) is 62.4 Å². The van der Waals surface area contributed by atoms with Gasteiger partial charge in [0.1, 0.15) is 11.5 Å². The van der Waals surface area contributed by atoms with Crippen LogP contribution in [0.5, 0.6) is 11.5 Å². The number of carbonyl (C=O) groups excluding carboxylic acids is 1. The van der Waals surface area contributed by atoms with E-state index in [0.29, 0.717) is 18.5 Å². The number of hydrogen-bond donors (Lipinski definition) is 6. The number of aliphatic hydroxyl groups excluding tert-OH is 1. The van der Waals surface area contributed by atoms with Gasteiger partial charge >= 0.3 is 0 Å². The maximum absolute atomic E-state index is 12.7. The van der Waals surface area contributed by atoms with E-state index in [1.165, 1.54) is 12.1 Å². The van der Waals surface area contributed by atoms with Crippen molar-refractivity contribution in [2.45, 2.75) is 44.9 Å². The predicted octanol–water partition coefficient (Wildman–Crippen LogP) is 4.13. The van der Waals surface area contributed by atoms with E-state index in [1.54, 1.807) is 18.2 Å². The fourth-order valence-corrected chi connectivity index (χ4v) is 5.36. The van der Waals surface area contributed by atoms with Gasteiger partial charge in [-0.1, -0.05) is 48.5 Å². The van der Waals surface area contributed by atoms with Gasteiger partial charge in [-0.25, -0.2) is 8.42 Å². The first-order chi connectivity index (χ1) is 19.8. The van der Waals surface area contributed by atoms with Crippen LogP contribution in [0.1, 0.15) is 42.2 Å². The molecule has 6 N–H and O–H groups in total. The highest BCUT2D eigenvalue weighted by Gasteiger charge is 2.21. The van der Waals surface area contributed by atoms with Gasteiger partial charge in [0.25, 0.3) is 0 Å². The van der Waals surface area contributed by atoms with E-state index in [9.17, 15) is 28.5 Å². The third-order valence-corrected chi connectivity index (χ3v) is 7.45. The number of phenolic OH excluding ortho intramolecular Hbond substituents is 2. The van der Waals surface area contributed by atoms with Crippen LogP contribution in [0.4, 0.5) is 5.69 Å². The van der Waals surface area contributed by atoms with Crippen molar-refractivity contribution < 1.29 is 28.5 Å². The second-order valence-corrected chi connectivity index (χ2v) is 13.0. The average molecular weight is 592 g/mol. The molecule has 222 valence electrons. The lowest BCUT2D eigenvalue weighted by Crippen LogP contribution is -2.43. The number of rotatable bonds is 12. The number of sulfonamides is 1. The zero-order chi connectivity index (χ0) is 30.5. The van der Waals surface area contributed by atoms with Crippen LogP contribution in [-0.2, 0) is 34.2 Å². The van der Waals surface area contributed by atoms with Crippen LogP contribution in [0.15, 0.2) is 78.9 Å². The lowest BCUT2D eigenvalue weighted by Gasteiger charge is -2.28. The Balaban J connectivity index is 1.30. The summed E-state index contributed by atoms with van der Waals surface area (Å²) in [7, 11) is -3.59. The third-order valence-electron chi connectivity index (χ3n) is 6.85. The minimum absolute atomic E-state index is 0.00701. The van der Waals surface area contributed by atoms with Gasteiger partial charge in [0.05, 0.1) is 24.5 Å². The Morgan fingerprint density at radius 3 is 2.36 bits per heavy atom. The number of nitrogens with one attached hydrogen (secondary N) is 3. The summed E-state index contributed by atoms with van der Waals surface area (Å²) >= 11 is 0. The zero-order valence-corrected chi connectivity index (χ0v) is 24.7. The Bertz CT molecular complexity index is 1690. The van der Waals surface area contributed by atoms with Crippen LogP contribution in [0.3, 0.4) is 0 Å². The van der Waals surface area contributed by atoms with Gasteiger partial charge in [-0.05, 0) is 83.6 Å². The molecule has 4 rings (SSSR count). The lowest BCUT2D eigenvalue weighted by molar-refractivity contribution is -0.120. The summed E-state index contributed by atoms with van der Waals surface area (Å²) in [4.78, 5) is 12.7. The number of aliphatic hydroxyl groups is 1. The summed E-state index contributed by atoms with van der Waals surface area (Å²) in [6, 6.07) is 23.2. The molecule has 42 heavy (non-hydrogen) atoms. The van der Waals surface area contributed by atoms with Crippen molar-refractivity contribution in [2.75, 3.05) is 17.5 Å². The van der Waals surface area contributed by atoms with Crippen LogP contribution >= 0.6 is 0 Å². The van der Waals surface area contributed by atoms with E-state index in [-0.39, 0.29) is 36.1 Å². The summed E-state index contributed by atoms with van der Waals surface area (Å²) < 4.78 is 25.4. The standard InChI is InChI=1S/C32H37N3O6S/c1-32(2,34-20-30(38)26-10-12-29(37)28(17-26)35-42(3,40)41)18-22-6-4-5-21(13-22)15-31(39)33-19-23-7-8-25-16-27(36)11-9-24(25)14-23/h4-14,16-17,30,34-38H,15,18-20H2,1-3H3,(H,33,39)/t30-/m0/s1. The second kappa shape index (κ2) is 12.8. The highest BCUT2D eigenvalue weighted by atomic mass is 32.2. The van der Waals surface area contributed by atoms with Gasteiger partial charge in [0, 0.05) is 18.6 Å². The molecule has 0 aliphatic carbocycles. The van der Waals surface area contributed by atoms with Gasteiger partial charge < -0.3 is 26.0 Å². The van der Waals surface area contributed by atoms with Crippen LogP contribution in [0.2, 0.25) is 0 Å². The minimum Gasteiger partial charge on any atom is -0.508 e. The molecule has 0 saturated heterocycles. The number of β-amino-alcohol motifs (C(OH)–C–C–N with tert-alkyl or cyclic N) is 1. The highest BCUT2D eigenvalue weighted by molar-refractivity contribution is 7.92. The van der Waals surface area contributed by atoms with Crippen molar-refractivity contribution in [1.29, 1.82) is 0 Å². The second-order valence-electron chi connectivity index (χ2n) is 11.2. The summed E-state index contributed by atoms with van der Waals surface area (Å²) in [6.45, 7) is 4.63. The quantitative estimate of drug-likeness (QED) is 0.136. The van der Waals surface area contributed by atoms with Crippen LogP contribution in [0.25, 0.3) is 10.8 Å². The predicted molar refractivity (Wildman–Crippen MR) is 165 cm³/mol. The number of hydrogen-bond acceptors (Lipinski definition) is 7. The van der Waals surface area contributed by atoms with Crippen molar-refractivity contribution >= 4 is 32.4 Å². The molecule has 4 aromatic carbocycles. The molecule has 0 aliphatic rings. The van der Waals surface area contributed by atoms with E-state index in [4.69, 9.17) is 0 Å². The Hall–Kier alpha value is -4.12. The fourth-order valence-electron chi connectivity index (χ4n) is 4.80. The largest absolute Gasteiger partial charge is 0.508 e. The zero-order valence-electron chi connectivity index (χ0n) is 23.9. The first-order valence-electron chi connectivity index (χ1n) is 13.6. The molecule has 0 bridgehead atoms. The number of fused-ring (bicyclic) bond motifs is 1. The molecule has 0 radical (unpaired) electrons. The molecule has 0 heterocycles. The molecule has 0 saturated carbocycles. The SMILES string of the molecule is CC(C)(Cc1cccc(CC(=O)NCc2ccc3cc(O)ccc3c2)c1)NC[C@H](O)c1ccc(O)c(NS(C)(=O)=O)c1. The molecular weight excluding hydrogens is 554 g/mol. The van der Waals surface area contributed by atoms with Crippen molar-refractivity contribution in [3.05, 3.63) is 101 Å². The Morgan fingerprint density at radius 1 is 0.881 bits per heavy atom. The van der Waals surface area contributed by atoms with Crippen LogP contribution in [-0.4, -0.2) is 48.0 Å². The van der Waals surface area contributed by atoms with Gasteiger partial charge in [-0.15, -0.1) is 0 Å². The first-order valence-corrected chi connectivity index (χ1v) is 15.5. The monoisotopic (exact) mass is 591 g/mol. The Morgan fingerprint density at radius 2 is 1.60 bits per heavy atom. The number of anilines is 1. The Labute approximate surface area is 246 Å². The van der Waals surface area contributed by atoms with Gasteiger partial charge in [-0.2, -0.15) is 0 Å². The van der Waals surface area contributed by atoms with Gasteiger partial charge in [-0.3, -0.25) is 9.52 Å². The number of carbonyl (C=O) groups is 1. The number of aromatic hydroxyl groups is 2. The third kappa shape index (κ3) is 8.94. The smallest absolute Gasteiger partial charge is 0.229 e. The molecule has 9 nitrogen and oxygen atoms in total. The topological polar surface area (TPSA) is 148 Å². The molecule has 4 aromatic rings. The molecule has 10 heteroatoms. The number of benzene rings is 4. The van der Waals surface area contributed by atoms with Gasteiger partial charge in [0.15, 0.2) is 0 Å². The molecule has 1 atom stereocenters. The number of amides is 1. The highest BCUT2D eigenvalue weighted by Crippen LogP contribution is 2.28. The molecule has 1 amide bonds. The van der Waals surface area contributed by atoms with Crippen molar-refractivity contribution in [2.24, 2.45) is 0 Å². The van der Waals surface area contributed by atoms with Crippen LogP contribution in [0, 0.1) is 0 Å². The molecule has 0 aliphatic heterocycles. The Kier molecular flexibility index (Phi) is 9.40. The van der Waals surface area contributed by atoms with Crippen LogP contribution < -0.4 is 15.4 Å². The van der Waals surface area contributed by atoms with Crippen molar-refractivity contribution in [1.82, 2.24) is 10.6 Å². The molecule has 0 spiro atoms. The molecular formula is C32H37N3O6S. The molecule has 0 fully saturated rings. The maximum Gasteiger partial charge on any atom is 0.229 e. The summed E-state index contributed by atoms with van der Waals surface area (Å²) in [5.74, 6) is -0.0950. The summed E-state index contributed by atoms with van der Waals surface area (Å²) in [5.41, 5.74) is 2.96. The van der Waals surface area contributed by atoms with Crippen molar-refractivity contribution in [3.8, 4) is 11.5 Å². The first kappa shape index (κ1) is 30.8. The van der Waals surface area contributed by atoms with Gasteiger partial charge in [0.2, 0.25) is 15.9 Å². The minimum atomic E-state index is -3.59.